The molecule has 1 heterocycles. The number of hydrogen-bond acceptors (Lipinski definition) is 1. The molecule has 0 unspecified atom stereocenters. The van der Waals surface area contributed by atoms with Gasteiger partial charge < -0.3 is 4.90 Å². The van der Waals surface area contributed by atoms with Crippen LogP contribution in [0.5, 0.6) is 0 Å². The largest absolute Gasteiger partial charge is 0.310 e. The van der Waals surface area contributed by atoms with Crippen molar-refractivity contribution in [3.8, 4) is 0 Å². The second-order valence-corrected chi connectivity index (χ2v) is 9.96. The summed E-state index contributed by atoms with van der Waals surface area (Å²) in [6.07, 6.45) is 6.31. The lowest BCUT2D eigenvalue weighted by Crippen LogP contribution is -2.36. The van der Waals surface area contributed by atoms with Crippen LogP contribution >= 0.6 is 0 Å². The van der Waals surface area contributed by atoms with Gasteiger partial charge in [0.05, 0.1) is 5.69 Å². The standard InChI is InChI=1S/C30H33N/c1-8-12-27-25(9-2)30(6,7)26-20-23(29(3,4)5)16-18-28(26)31(27)24-17-15-21-13-10-11-14-22(21)19-24/h8-20H,1H2,2-7H3/b25-9+,27-12+. The van der Waals surface area contributed by atoms with Gasteiger partial charge in [0.25, 0.3) is 0 Å². The fourth-order valence-corrected chi connectivity index (χ4v) is 4.79. The molecule has 0 saturated carbocycles. The smallest absolute Gasteiger partial charge is 0.0502 e. The maximum Gasteiger partial charge on any atom is 0.0502 e. The first-order chi connectivity index (χ1) is 14.7. The Labute approximate surface area is 187 Å². The van der Waals surface area contributed by atoms with E-state index in [-0.39, 0.29) is 10.8 Å². The molecular formula is C30H33N. The summed E-state index contributed by atoms with van der Waals surface area (Å²) in [4.78, 5) is 2.40. The third-order valence-corrected chi connectivity index (χ3v) is 6.52. The van der Waals surface area contributed by atoms with Gasteiger partial charge in [-0.2, -0.15) is 0 Å². The summed E-state index contributed by atoms with van der Waals surface area (Å²) in [7, 11) is 0. The van der Waals surface area contributed by atoms with E-state index in [9.17, 15) is 0 Å². The summed E-state index contributed by atoms with van der Waals surface area (Å²) < 4.78 is 0. The molecule has 1 nitrogen and oxygen atoms in total. The zero-order chi connectivity index (χ0) is 22.4. The van der Waals surface area contributed by atoms with E-state index < -0.39 is 0 Å². The van der Waals surface area contributed by atoms with E-state index in [2.05, 4.69) is 126 Å². The van der Waals surface area contributed by atoms with Gasteiger partial charge in [0.15, 0.2) is 0 Å². The molecule has 1 heteroatoms. The Balaban J connectivity index is 2.04. The molecule has 0 fully saturated rings. The van der Waals surface area contributed by atoms with E-state index in [1.54, 1.807) is 0 Å². The van der Waals surface area contributed by atoms with Crippen molar-refractivity contribution in [3.05, 3.63) is 108 Å². The normalized spacial score (nSPS) is 18.5. The summed E-state index contributed by atoms with van der Waals surface area (Å²) in [6.45, 7) is 17.7. The highest BCUT2D eigenvalue weighted by Gasteiger charge is 2.39. The number of allylic oxidation sites excluding steroid dienone is 4. The minimum absolute atomic E-state index is 0.103. The molecule has 0 bridgehead atoms. The van der Waals surface area contributed by atoms with Crippen LogP contribution in [0.3, 0.4) is 0 Å². The highest BCUT2D eigenvalue weighted by molar-refractivity contribution is 5.89. The first-order valence-electron chi connectivity index (χ1n) is 11.1. The molecule has 0 radical (unpaired) electrons. The summed E-state index contributed by atoms with van der Waals surface area (Å²) in [6, 6.07) is 22.3. The molecule has 31 heavy (non-hydrogen) atoms. The van der Waals surface area contributed by atoms with Crippen molar-refractivity contribution in [1.82, 2.24) is 0 Å². The molecule has 0 saturated heterocycles. The SMILES string of the molecule is C=C/C=C1\C(=C/C)C(C)(C)c2cc(C(C)(C)C)ccc2N1c1ccc2ccccc2c1. The Morgan fingerprint density at radius 2 is 1.61 bits per heavy atom. The highest BCUT2D eigenvalue weighted by atomic mass is 15.2. The molecular weight excluding hydrogens is 374 g/mol. The first-order valence-corrected chi connectivity index (χ1v) is 11.1. The Morgan fingerprint density at radius 1 is 0.903 bits per heavy atom. The fourth-order valence-electron chi connectivity index (χ4n) is 4.79. The topological polar surface area (TPSA) is 3.24 Å². The summed E-state index contributed by atoms with van der Waals surface area (Å²) >= 11 is 0. The predicted molar refractivity (Wildman–Crippen MR) is 136 cm³/mol. The maximum absolute atomic E-state index is 4.02. The van der Waals surface area contributed by atoms with Gasteiger partial charge in [-0.25, -0.2) is 0 Å². The van der Waals surface area contributed by atoms with E-state index in [0.29, 0.717) is 0 Å². The van der Waals surface area contributed by atoms with Crippen LogP contribution in [0.4, 0.5) is 11.4 Å². The molecule has 3 aromatic rings. The lowest BCUT2D eigenvalue weighted by atomic mass is 9.70. The number of benzene rings is 3. The molecule has 0 amide bonds. The first kappa shape index (κ1) is 21.2. The zero-order valence-electron chi connectivity index (χ0n) is 19.7. The van der Waals surface area contributed by atoms with Crippen LogP contribution in [-0.4, -0.2) is 0 Å². The van der Waals surface area contributed by atoms with Gasteiger partial charge in [0.2, 0.25) is 0 Å². The minimum atomic E-state index is -0.104. The Hall–Kier alpha value is -3.06. The van der Waals surface area contributed by atoms with E-state index in [4.69, 9.17) is 0 Å². The van der Waals surface area contributed by atoms with Gasteiger partial charge in [-0.1, -0.05) is 95.8 Å². The lowest BCUT2D eigenvalue weighted by molar-refractivity contribution is 0.576. The minimum Gasteiger partial charge on any atom is -0.310 e. The molecule has 0 aliphatic carbocycles. The number of nitrogens with zero attached hydrogens (tertiary/aromatic N) is 1. The van der Waals surface area contributed by atoms with Gasteiger partial charge in [0, 0.05) is 16.8 Å². The maximum atomic E-state index is 4.02. The third-order valence-electron chi connectivity index (χ3n) is 6.52. The van der Waals surface area contributed by atoms with Gasteiger partial charge in [0.1, 0.15) is 0 Å². The highest BCUT2D eigenvalue weighted by Crippen LogP contribution is 2.51. The monoisotopic (exact) mass is 407 g/mol. The molecule has 4 rings (SSSR count). The summed E-state index contributed by atoms with van der Waals surface area (Å²) in [5, 5.41) is 2.50. The van der Waals surface area contributed by atoms with Crippen LogP contribution in [0.25, 0.3) is 10.8 Å². The second kappa shape index (κ2) is 7.57. The molecule has 158 valence electrons. The lowest BCUT2D eigenvalue weighted by Gasteiger charge is -2.45. The van der Waals surface area contributed by atoms with Gasteiger partial charge in [-0.15, -0.1) is 0 Å². The van der Waals surface area contributed by atoms with Crippen LogP contribution in [0.1, 0.15) is 52.7 Å². The molecule has 1 aliphatic heterocycles. The van der Waals surface area contributed by atoms with Crippen molar-refractivity contribution >= 4 is 22.1 Å². The van der Waals surface area contributed by atoms with Crippen molar-refractivity contribution in [2.24, 2.45) is 0 Å². The molecule has 1 aliphatic rings. The Morgan fingerprint density at radius 3 is 2.26 bits per heavy atom. The van der Waals surface area contributed by atoms with Gasteiger partial charge in [-0.05, 0) is 64.1 Å². The number of hydrogen-bond donors (Lipinski definition) is 0. The van der Waals surface area contributed by atoms with Gasteiger partial charge >= 0.3 is 0 Å². The van der Waals surface area contributed by atoms with Crippen molar-refractivity contribution in [3.63, 3.8) is 0 Å². The predicted octanol–water partition coefficient (Wildman–Crippen LogP) is 8.58. The van der Waals surface area contributed by atoms with E-state index in [1.165, 1.54) is 44.5 Å². The van der Waals surface area contributed by atoms with Crippen molar-refractivity contribution in [1.29, 1.82) is 0 Å². The van der Waals surface area contributed by atoms with E-state index >= 15 is 0 Å². The number of anilines is 2. The molecule has 0 atom stereocenters. The van der Waals surface area contributed by atoms with Crippen LogP contribution in [0.2, 0.25) is 0 Å². The third kappa shape index (κ3) is 3.53. The van der Waals surface area contributed by atoms with Crippen molar-refractivity contribution in [2.75, 3.05) is 4.90 Å². The quantitative estimate of drug-likeness (QED) is 0.411. The second-order valence-electron chi connectivity index (χ2n) is 9.96. The van der Waals surface area contributed by atoms with Gasteiger partial charge in [-0.3, -0.25) is 0 Å². The Bertz CT molecular complexity index is 1210. The van der Waals surface area contributed by atoms with E-state index in [0.717, 1.165) is 0 Å². The van der Waals surface area contributed by atoms with Crippen molar-refractivity contribution < 1.29 is 0 Å². The summed E-state index contributed by atoms with van der Waals surface area (Å²) in [5.41, 5.74) is 7.65. The van der Waals surface area contributed by atoms with Crippen LogP contribution in [0.15, 0.2) is 96.7 Å². The molecule has 3 aromatic carbocycles. The summed E-state index contributed by atoms with van der Waals surface area (Å²) in [5.74, 6) is 0. The van der Waals surface area contributed by atoms with Crippen LogP contribution in [-0.2, 0) is 10.8 Å². The van der Waals surface area contributed by atoms with Crippen LogP contribution < -0.4 is 4.90 Å². The average molecular weight is 408 g/mol. The number of fused-ring (bicyclic) bond motifs is 2. The molecule has 0 aromatic heterocycles. The number of rotatable bonds is 2. The van der Waals surface area contributed by atoms with Crippen molar-refractivity contribution in [2.45, 2.75) is 52.4 Å². The average Bonchev–Trinajstić information content (AvgIpc) is 2.73. The molecule has 0 N–H and O–H groups in total. The fraction of sp³-hybridized carbons (Fsp3) is 0.267. The zero-order valence-corrected chi connectivity index (χ0v) is 19.7. The Kier molecular flexibility index (Phi) is 5.17. The van der Waals surface area contributed by atoms with E-state index in [1.807, 2.05) is 6.08 Å². The molecule has 0 spiro atoms. The van der Waals surface area contributed by atoms with Crippen LogP contribution in [0, 0.1) is 0 Å².